The molecule has 2 rings (SSSR count). The molecule has 3 heteroatoms. The number of hydrogen-bond donors (Lipinski definition) is 2. The van der Waals surface area contributed by atoms with E-state index >= 15 is 0 Å². The van der Waals surface area contributed by atoms with Crippen molar-refractivity contribution in [2.45, 2.75) is 39.2 Å². The van der Waals surface area contributed by atoms with Gasteiger partial charge >= 0.3 is 0 Å². The fourth-order valence-electron chi connectivity index (χ4n) is 2.57. The Hall–Kier alpha value is -0.730. The van der Waals surface area contributed by atoms with Crippen LogP contribution in [0.25, 0.3) is 0 Å². The second-order valence-corrected chi connectivity index (χ2v) is 5.81. The molecule has 0 aliphatic heterocycles. The molecule has 17 heavy (non-hydrogen) atoms. The lowest BCUT2D eigenvalue weighted by atomic mass is 9.89. The van der Waals surface area contributed by atoms with Crippen molar-refractivity contribution in [2.75, 3.05) is 6.54 Å². The van der Waals surface area contributed by atoms with Crippen LogP contribution in [-0.2, 0) is 6.54 Å². The molecule has 1 aromatic carbocycles. The van der Waals surface area contributed by atoms with E-state index in [2.05, 4.69) is 12.2 Å². The van der Waals surface area contributed by atoms with Crippen LogP contribution in [0.4, 0.5) is 0 Å². The van der Waals surface area contributed by atoms with E-state index in [4.69, 9.17) is 11.6 Å². The Bertz CT molecular complexity index is 386. The summed E-state index contributed by atoms with van der Waals surface area (Å²) in [6.07, 6.45) is 5.39. The van der Waals surface area contributed by atoms with Crippen LogP contribution in [0.3, 0.4) is 0 Å². The van der Waals surface area contributed by atoms with Gasteiger partial charge in [-0.25, -0.2) is 0 Å². The van der Waals surface area contributed by atoms with Crippen molar-refractivity contribution in [3.8, 4) is 5.75 Å². The zero-order valence-electron chi connectivity index (χ0n) is 10.3. The van der Waals surface area contributed by atoms with Gasteiger partial charge in [0.1, 0.15) is 5.75 Å². The molecule has 2 nitrogen and oxygen atoms in total. The molecule has 0 spiro atoms. The zero-order chi connectivity index (χ0) is 12.3. The molecule has 0 unspecified atom stereocenters. The van der Waals surface area contributed by atoms with Gasteiger partial charge in [-0.05, 0) is 36.0 Å². The topological polar surface area (TPSA) is 32.3 Å². The molecule has 94 valence electrons. The van der Waals surface area contributed by atoms with Crippen molar-refractivity contribution in [2.24, 2.45) is 5.41 Å². The summed E-state index contributed by atoms with van der Waals surface area (Å²) in [4.78, 5) is 0. The van der Waals surface area contributed by atoms with Crippen molar-refractivity contribution in [3.63, 3.8) is 0 Å². The maximum atomic E-state index is 9.33. The maximum absolute atomic E-state index is 9.33. The van der Waals surface area contributed by atoms with E-state index < -0.39 is 0 Å². The molecule has 2 N–H and O–H groups in total. The first-order chi connectivity index (χ1) is 8.09. The van der Waals surface area contributed by atoms with Crippen molar-refractivity contribution in [1.29, 1.82) is 0 Å². The van der Waals surface area contributed by atoms with E-state index in [1.54, 1.807) is 6.07 Å². The normalized spacial score (nSPS) is 18.5. The standard InChI is InChI=1S/C14H20ClNO/c1-14(6-2-3-7-14)10-16-9-11-4-5-13(17)12(15)8-11/h4-5,8,16-17H,2-3,6-7,9-10H2,1H3. The van der Waals surface area contributed by atoms with Gasteiger partial charge in [-0.3, -0.25) is 0 Å². The second kappa shape index (κ2) is 5.28. The van der Waals surface area contributed by atoms with Gasteiger partial charge in [0.05, 0.1) is 5.02 Å². The van der Waals surface area contributed by atoms with E-state index in [0.717, 1.165) is 18.7 Å². The first kappa shape index (κ1) is 12.7. The summed E-state index contributed by atoms with van der Waals surface area (Å²) in [5, 5.41) is 13.2. The van der Waals surface area contributed by atoms with Crippen LogP contribution in [0.2, 0.25) is 5.02 Å². The third-order valence-corrected chi connectivity index (χ3v) is 4.01. The van der Waals surface area contributed by atoms with Crippen molar-refractivity contribution in [1.82, 2.24) is 5.32 Å². The summed E-state index contributed by atoms with van der Waals surface area (Å²) < 4.78 is 0. The predicted molar refractivity (Wildman–Crippen MR) is 71.4 cm³/mol. The van der Waals surface area contributed by atoms with Crippen LogP contribution in [0.15, 0.2) is 18.2 Å². The summed E-state index contributed by atoms with van der Waals surface area (Å²) in [6, 6.07) is 5.38. The summed E-state index contributed by atoms with van der Waals surface area (Å²) in [6.45, 7) is 4.23. The molecule has 0 saturated heterocycles. The molecule has 0 bridgehead atoms. The number of phenolic OH excluding ortho intramolecular Hbond substituents is 1. The predicted octanol–water partition coefficient (Wildman–Crippen LogP) is 3.72. The summed E-state index contributed by atoms with van der Waals surface area (Å²) in [5.41, 5.74) is 1.59. The number of phenols is 1. The minimum absolute atomic E-state index is 0.151. The second-order valence-electron chi connectivity index (χ2n) is 5.41. The fourth-order valence-corrected chi connectivity index (χ4v) is 2.78. The Balaban J connectivity index is 1.83. The quantitative estimate of drug-likeness (QED) is 0.857. The van der Waals surface area contributed by atoms with Crippen LogP contribution in [0, 0.1) is 5.41 Å². The molecule has 0 radical (unpaired) electrons. The number of benzene rings is 1. The SMILES string of the molecule is CC1(CNCc2ccc(O)c(Cl)c2)CCCC1. The smallest absolute Gasteiger partial charge is 0.134 e. The van der Waals surface area contributed by atoms with Gasteiger partial charge in [-0.2, -0.15) is 0 Å². The number of hydrogen-bond acceptors (Lipinski definition) is 2. The average Bonchev–Trinajstić information content (AvgIpc) is 2.71. The van der Waals surface area contributed by atoms with Crippen molar-refractivity contribution in [3.05, 3.63) is 28.8 Å². The molecule has 1 saturated carbocycles. The lowest BCUT2D eigenvalue weighted by molar-refractivity contribution is 0.314. The van der Waals surface area contributed by atoms with E-state index in [1.165, 1.54) is 25.7 Å². The highest BCUT2D eigenvalue weighted by Gasteiger charge is 2.27. The van der Waals surface area contributed by atoms with Gasteiger partial charge in [-0.1, -0.05) is 37.4 Å². The van der Waals surface area contributed by atoms with Crippen LogP contribution in [0.5, 0.6) is 5.75 Å². The van der Waals surface area contributed by atoms with Crippen LogP contribution >= 0.6 is 11.6 Å². The Labute approximate surface area is 108 Å². The molecule has 1 aromatic rings. The van der Waals surface area contributed by atoms with Gasteiger partial charge in [0.2, 0.25) is 0 Å². The summed E-state index contributed by atoms with van der Waals surface area (Å²) in [7, 11) is 0. The minimum Gasteiger partial charge on any atom is -0.506 e. The number of nitrogens with one attached hydrogen (secondary N) is 1. The van der Waals surface area contributed by atoms with Gasteiger partial charge < -0.3 is 10.4 Å². The van der Waals surface area contributed by atoms with Crippen LogP contribution in [-0.4, -0.2) is 11.7 Å². The first-order valence-corrected chi connectivity index (χ1v) is 6.65. The van der Waals surface area contributed by atoms with Gasteiger partial charge in [0.15, 0.2) is 0 Å². The van der Waals surface area contributed by atoms with Crippen molar-refractivity contribution < 1.29 is 5.11 Å². The minimum atomic E-state index is 0.151. The summed E-state index contributed by atoms with van der Waals surface area (Å²) >= 11 is 5.87. The van der Waals surface area contributed by atoms with Gasteiger partial charge in [-0.15, -0.1) is 0 Å². The van der Waals surface area contributed by atoms with E-state index in [0.29, 0.717) is 10.4 Å². The lowest BCUT2D eigenvalue weighted by Gasteiger charge is -2.23. The van der Waals surface area contributed by atoms with Crippen molar-refractivity contribution >= 4 is 11.6 Å². The third-order valence-electron chi connectivity index (χ3n) is 3.70. The first-order valence-electron chi connectivity index (χ1n) is 6.27. The summed E-state index contributed by atoms with van der Waals surface area (Å²) in [5.74, 6) is 0.151. The highest BCUT2D eigenvalue weighted by Crippen LogP contribution is 2.36. The van der Waals surface area contributed by atoms with Crippen LogP contribution < -0.4 is 5.32 Å². The number of aromatic hydroxyl groups is 1. The van der Waals surface area contributed by atoms with Gasteiger partial charge in [0, 0.05) is 13.1 Å². The molecule has 1 aliphatic carbocycles. The number of halogens is 1. The number of rotatable bonds is 4. The lowest BCUT2D eigenvalue weighted by Crippen LogP contribution is -2.29. The Morgan fingerprint density at radius 1 is 1.35 bits per heavy atom. The molecule has 1 fully saturated rings. The monoisotopic (exact) mass is 253 g/mol. The largest absolute Gasteiger partial charge is 0.506 e. The molecule has 0 heterocycles. The Kier molecular flexibility index (Phi) is 3.95. The average molecular weight is 254 g/mol. The molecule has 0 amide bonds. The zero-order valence-corrected chi connectivity index (χ0v) is 11.1. The van der Waals surface area contributed by atoms with Gasteiger partial charge in [0.25, 0.3) is 0 Å². The molecule has 1 aliphatic rings. The molecule has 0 atom stereocenters. The highest BCUT2D eigenvalue weighted by atomic mass is 35.5. The van der Waals surface area contributed by atoms with Crippen LogP contribution in [0.1, 0.15) is 38.2 Å². The third kappa shape index (κ3) is 3.36. The van der Waals surface area contributed by atoms with E-state index in [9.17, 15) is 5.11 Å². The fraction of sp³-hybridized carbons (Fsp3) is 0.571. The maximum Gasteiger partial charge on any atom is 0.134 e. The molecular weight excluding hydrogens is 234 g/mol. The highest BCUT2D eigenvalue weighted by molar-refractivity contribution is 6.32. The van der Waals surface area contributed by atoms with E-state index in [-0.39, 0.29) is 5.75 Å². The molecular formula is C14H20ClNO. The Morgan fingerprint density at radius 3 is 2.71 bits per heavy atom. The molecule has 0 aromatic heterocycles. The van der Waals surface area contributed by atoms with E-state index in [1.807, 2.05) is 12.1 Å². The Morgan fingerprint density at radius 2 is 2.06 bits per heavy atom.